The summed E-state index contributed by atoms with van der Waals surface area (Å²) in [4.78, 5) is 0. The quantitative estimate of drug-likeness (QED) is 0.446. The first-order chi connectivity index (χ1) is 5.20. The Hall–Kier alpha value is -0.720. The summed E-state index contributed by atoms with van der Waals surface area (Å²) in [6.07, 6.45) is 7.15. The van der Waals surface area contributed by atoms with E-state index < -0.39 is 0 Å². The molecule has 0 rings (SSSR count). The Bertz CT molecular complexity index is 143. The van der Waals surface area contributed by atoms with E-state index in [1.165, 1.54) is 0 Å². The summed E-state index contributed by atoms with van der Waals surface area (Å²) in [6, 6.07) is 0. The van der Waals surface area contributed by atoms with Gasteiger partial charge in [-0.15, -0.1) is 0 Å². The highest BCUT2D eigenvalue weighted by molar-refractivity contribution is 5.10. The summed E-state index contributed by atoms with van der Waals surface area (Å²) in [6.45, 7) is 6.38. The molecule has 1 heteroatoms. The zero-order valence-electron chi connectivity index (χ0n) is 7.92. The van der Waals surface area contributed by atoms with Crippen molar-refractivity contribution in [2.45, 2.75) is 27.2 Å². The van der Waals surface area contributed by atoms with Crippen LogP contribution in [0.3, 0.4) is 0 Å². The fourth-order valence-corrected chi connectivity index (χ4v) is 0.736. The molecule has 1 nitrogen and oxygen atoms in total. The smallest absolute Gasteiger partial charge is 0.114 e. The first-order valence-electron chi connectivity index (χ1n) is 4.07. The van der Waals surface area contributed by atoms with Crippen LogP contribution in [0.4, 0.5) is 0 Å². The maximum atomic E-state index is 5.12. The van der Waals surface area contributed by atoms with Gasteiger partial charge in [0.15, 0.2) is 0 Å². The van der Waals surface area contributed by atoms with E-state index in [4.69, 9.17) is 4.74 Å². The van der Waals surface area contributed by atoms with Gasteiger partial charge in [0.25, 0.3) is 0 Å². The van der Waals surface area contributed by atoms with Crippen LogP contribution >= 0.6 is 0 Å². The first kappa shape index (κ1) is 10.3. The monoisotopic (exact) mass is 154 g/mol. The fourth-order valence-electron chi connectivity index (χ4n) is 0.736. The van der Waals surface area contributed by atoms with Gasteiger partial charge in [-0.1, -0.05) is 19.9 Å². The van der Waals surface area contributed by atoms with Crippen LogP contribution in [0.15, 0.2) is 24.0 Å². The molecule has 0 radical (unpaired) electrons. The molecule has 0 aromatic rings. The molecule has 0 saturated carbocycles. The van der Waals surface area contributed by atoms with Crippen molar-refractivity contribution in [3.05, 3.63) is 24.0 Å². The van der Waals surface area contributed by atoms with Crippen molar-refractivity contribution < 1.29 is 4.74 Å². The van der Waals surface area contributed by atoms with Crippen molar-refractivity contribution in [1.29, 1.82) is 0 Å². The highest BCUT2D eigenvalue weighted by atomic mass is 16.5. The lowest BCUT2D eigenvalue weighted by Gasteiger charge is -2.01. The van der Waals surface area contributed by atoms with E-state index in [9.17, 15) is 0 Å². The first-order valence-corrected chi connectivity index (χ1v) is 4.07. The molecule has 11 heavy (non-hydrogen) atoms. The van der Waals surface area contributed by atoms with Crippen LogP contribution in [0.1, 0.15) is 27.2 Å². The van der Waals surface area contributed by atoms with E-state index in [2.05, 4.69) is 19.9 Å². The fraction of sp³-hybridized carbons (Fsp3) is 0.600. The van der Waals surface area contributed by atoms with Crippen molar-refractivity contribution in [2.24, 2.45) is 5.92 Å². The molecule has 0 fully saturated rings. The Kier molecular flexibility index (Phi) is 5.63. The summed E-state index contributed by atoms with van der Waals surface area (Å²) in [7, 11) is 1.70. The molecule has 0 atom stereocenters. The number of rotatable bonds is 4. The average Bonchev–Trinajstić information content (AvgIpc) is 1.97. The molecule has 0 bridgehead atoms. The van der Waals surface area contributed by atoms with Crippen LogP contribution in [0, 0.1) is 5.92 Å². The predicted molar refractivity (Wildman–Crippen MR) is 49.4 cm³/mol. The lowest BCUT2D eigenvalue weighted by molar-refractivity contribution is 0.304. The summed E-state index contributed by atoms with van der Waals surface area (Å²) >= 11 is 0. The summed E-state index contributed by atoms with van der Waals surface area (Å²) < 4.78 is 5.12. The Morgan fingerprint density at radius 2 is 2.09 bits per heavy atom. The minimum Gasteiger partial charge on any atom is -0.497 e. The van der Waals surface area contributed by atoms with Gasteiger partial charge in [-0.3, -0.25) is 0 Å². The summed E-state index contributed by atoms with van der Waals surface area (Å²) in [5, 5.41) is 0. The van der Waals surface area contributed by atoms with Crippen LogP contribution in [0.2, 0.25) is 0 Å². The Morgan fingerprint density at radius 3 is 2.45 bits per heavy atom. The maximum absolute atomic E-state index is 5.12. The molecule has 0 unspecified atom stereocenters. The molecule has 0 aliphatic rings. The van der Waals surface area contributed by atoms with Crippen LogP contribution in [-0.2, 0) is 4.74 Å². The van der Waals surface area contributed by atoms with Crippen LogP contribution in [0.25, 0.3) is 0 Å². The third kappa shape index (κ3) is 5.71. The van der Waals surface area contributed by atoms with Gasteiger partial charge in [-0.05, 0) is 31.4 Å². The van der Waals surface area contributed by atoms with Crippen LogP contribution in [0.5, 0.6) is 0 Å². The standard InChI is InChI=1S/C10H18O/c1-5-6-10(11-4)8-7-9(2)3/h5-6,8-9H,7H2,1-4H3. The van der Waals surface area contributed by atoms with Crippen LogP contribution in [-0.4, -0.2) is 7.11 Å². The summed E-state index contributed by atoms with van der Waals surface area (Å²) in [5.41, 5.74) is 0. The number of ether oxygens (including phenoxy) is 1. The van der Waals surface area contributed by atoms with E-state index in [-0.39, 0.29) is 0 Å². The van der Waals surface area contributed by atoms with E-state index >= 15 is 0 Å². The highest BCUT2D eigenvalue weighted by Crippen LogP contribution is 2.05. The van der Waals surface area contributed by atoms with Crippen molar-refractivity contribution in [3.8, 4) is 0 Å². The van der Waals surface area contributed by atoms with Gasteiger partial charge < -0.3 is 4.74 Å². The molecule has 0 N–H and O–H groups in total. The van der Waals surface area contributed by atoms with Crippen molar-refractivity contribution in [1.82, 2.24) is 0 Å². The Balaban J connectivity index is 3.90. The second kappa shape index (κ2) is 6.02. The normalized spacial score (nSPS) is 13.0. The molecule has 0 saturated heterocycles. The lowest BCUT2D eigenvalue weighted by atomic mass is 10.1. The molecular formula is C10H18O. The second-order valence-electron chi connectivity index (χ2n) is 2.94. The molecule has 64 valence electrons. The predicted octanol–water partition coefficient (Wildman–Crippen LogP) is 3.14. The molecule has 0 aromatic heterocycles. The Morgan fingerprint density at radius 1 is 1.45 bits per heavy atom. The largest absolute Gasteiger partial charge is 0.497 e. The molecule has 0 heterocycles. The van der Waals surface area contributed by atoms with Crippen LogP contribution < -0.4 is 0 Å². The third-order valence-corrected chi connectivity index (χ3v) is 1.36. The van der Waals surface area contributed by atoms with Gasteiger partial charge in [0.1, 0.15) is 5.76 Å². The van der Waals surface area contributed by atoms with E-state index in [0.717, 1.165) is 12.2 Å². The van der Waals surface area contributed by atoms with Gasteiger partial charge in [-0.2, -0.15) is 0 Å². The minimum absolute atomic E-state index is 0.699. The molecule has 0 spiro atoms. The van der Waals surface area contributed by atoms with Crippen molar-refractivity contribution in [2.75, 3.05) is 7.11 Å². The molecule has 0 aliphatic heterocycles. The Labute approximate surface area is 69.8 Å². The number of hydrogen-bond acceptors (Lipinski definition) is 1. The minimum atomic E-state index is 0.699. The summed E-state index contributed by atoms with van der Waals surface area (Å²) in [5.74, 6) is 1.66. The van der Waals surface area contributed by atoms with Gasteiger partial charge in [0.05, 0.1) is 7.11 Å². The zero-order valence-corrected chi connectivity index (χ0v) is 7.92. The van der Waals surface area contributed by atoms with E-state index in [0.29, 0.717) is 5.92 Å². The average molecular weight is 154 g/mol. The zero-order chi connectivity index (χ0) is 8.69. The lowest BCUT2D eigenvalue weighted by Crippen LogP contribution is -1.86. The molecule has 0 amide bonds. The number of methoxy groups -OCH3 is 1. The second-order valence-corrected chi connectivity index (χ2v) is 2.94. The highest BCUT2D eigenvalue weighted by Gasteiger charge is 1.91. The van der Waals surface area contributed by atoms with E-state index in [1.807, 2.05) is 19.1 Å². The topological polar surface area (TPSA) is 9.23 Å². The SMILES string of the molecule is CC=CC(=CCC(C)C)OC. The van der Waals surface area contributed by atoms with Gasteiger partial charge in [0, 0.05) is 0 Å². The third-order valence-electron chi connectivity index (χ3n) is 1.36. The van der Waals surface area contributed by atoms with E-state index in [1.54, 1.807) is 7.11 Å². The maximum Gasteiger partial charge on any atom is 0.114 e. The molecular weight excluding hydrogens is 136 g/mol. The van der Waals surface area contributed by atoms with Gasteiger partial charge >= 0.3 is 0 Å². The van der Waals surface area contributed by atoms with Crippen molar-refractivity contribution >= 4 is 0 Å². The molecule has 0 aromatic carbocycles. The van der Waals surface area contributed by atoms with Gasteiger partial charge in [0.2, 0.25) is 0 Å². The number of allylic oxidation sites excluding steroid dienone is 3. The number of hydrogen-bond donors (Lipinski definition) is 0. The van der Waals surface area contributed by atoms with Crippen molar-refractivity contribution in [3.63, 3.8) is 0 Å². The molecule has 0 aliphatic carbocycles. The van der Waals surface area contributed by atoms with Gasteiger partial charge in [-0.25, -0.2) is 0 Å².